The van der Waals surface area contributed by atoms with Crippen molar-refractivity contribution in [3.8, 4) is 0 Å². The van der Waals surface area contributed by atoms with Crippen molar-refractivity contribution in [1.82, 2.24) is 10.6 Å². The summed E-state index contributed by atoms with van der Waals surface area (Å²) in [6.45, 7) is 4.68. The Hall–Kier alpha value is -1.30. The molecule has 1 aromatic rings. The number of carbonyl (C=O) groups excluding carboxylic acids is 2. The molecule has 1 atom stereocenters. The normalized spacial score (nSPS) is 11.5. The summed E-state index contributed by atoms with van der Waals surface area (Å²) >= 11 is 5.93. The van der Waals surface area contributed by atoms with E-state index in [1.165, 1.54) is 0 Å². The molecule has 0 aliphatic heterocycles. The van der Waals surface area contributed by atoms with Crippen LogP contribution in [-0.4, -0.2) is 30.9 Å². The average Bonchev–Trinajstić information content (AvgIpc) is 2.42. The van der Waals surface area contributed by atoms with E-state index < -0.39 is 6.04 Å². The number of carbonyl (C=O) groups is 2. The Balaban J connectivity index is 0.00000441. The van der Waals surface area contributed by atoms with E-state index in [1.54, 1.807) is 24.3 Å². The minimum absolute atomic E-state index is 0. The fraction of sp³-hybridized carbons (Fsp3) is 0.467. The Morgan fingerprint density at radius 2 is 1.77 bits per heavy atom. The van der Waals surface area contributed by atoms with Gasteiger partial charge in [0.1, 0.15) is 0 Å². The van der Waals surface area contributed by atoms with Crippen molar-refractivity contribution in [3.05, 3.63) is 34.9 Å². The molecular formula is C15H23Cl2N3O2. The highest BCUT2D eigenvalue weighted by Gasteiger charge is 2.14. The highest BCUT2D eigenvalue weighted by Crippen LogP contribution is 2.14. The summed E-state index contributed by atoms with van der Waals surface area (Å²) in [6.07, 6.45) is 0.637. The van der Waals surface area contributed by atoms with Gasteiger partial charge in [-0.15, -0.1) is 12.4 Å². The SMILES string of the molecule is CC(C)C[C@H](N)C(=O)NCCNC(=O)c1ccccc1Cl.Cl. The van der Waals surface area contributed by atoms with Gasteiger partial charge in [0.25, 0.3) is 5.91 Å². The van der Waals surface area contributed by atoms with Crippen LogP contribution in [0.4, 0.5) is 0 Å². The fourth-order valence-electron chi connectivity index (χ4n) is 1.85. The maximum Gasteiger partial charge on any atom is 0.252 e. The Kier molecular flexibility index (Phi) is 9.81. The predicted molar refractivity (Wildman–Crippen MR) is 91.5 cm³/mol. The molecule has 0 radical (unpaired) electrons. The molecule has 22 heavy (non-hydrogen) atoms. The van der Waals surface area contributed by atoms with Crippen LogP contribution in [0.15, 0.2) is 24.3 Å². The molecule has 0 aliphatic carbocycles. The van der Waals surface area contributed by atoms with Gasteiger partial charge in [-0.05, 0) is 24.5 Å². The van der Waals surface area contributed by atoms with Crippen LogP contribution in [0.1, 0.15) is 30.6 Å². The zero-order chi connectivity index (χ0) is 15.8. The topological polar surface area (TPSA) is 84.2 Å². The van der Waals surface area contributed by atoms with Crippen molar-refractivity contribution in [2.24, 2.45) is 11.7 Å². The van der Waals surface area contributed by atoms with E-state index in [0.717, 1.165) is 0 Å². The minimum atomic E-state index is -0.510. The molecule has 0 aliphatic rings. The third-order valence-electron chi connectivity index (χ3n) is 2.89. The van der Waals surface area contributed by atoms with Crippen molar-refractivity contribution in [3.63, 3.8) is 0 Å². The number of rotatable bonds is 7. The van der Waals surface area contributed by atoms with Gasteiger partial charge in [-0.3, -0.25) is 9.59 Å². The van der Waals surface area contributed by atoms with Gasteiger partial charge in [0.2, 0.25) is 5.91 Å². The Morgan fingerprint density at radius 3 is 2.36 bits per heavy atom. The van der Waals surface area contributed by atoms with Crippen LogP contribution in [0.3, 0.4) is 0 Å². The number of benzene rings is 1. The number of hydrogen-bond donors (Lipinski definition) is 3. The third kappa shape index (κ3) is 7.11. The number of nitrogens with one attached hydrogen (secondary N) is 2. The van der Waals surface area contributed by atoms with E-state index in [-0.39, 0.29) is 24.2 Å². The number of halogens is 2. The minimum Gasteiger partial charge on any atom is -0.353 e. The third-order valence-corrected chi connectivity index (χ3v) is 3.22. The molecule has 0 unspecified atom stereocenters. The van der Waals surface area contributed by atoms with E-state index in [4.69, 9.17) is 17.3 Å². The summed E-state index contributed by atoms with van der Waals surface area (Å²) in [7, 11) is 0. The lowest BCUT2D eigenvalue weighted by Gasteiger charge is -2.14. The largest absolute Gasteiger partial charge is 0.353 e. The zero-order valence-corrected chi connectivity index (χ0v) is 14.3. The summed E-state index contributed by atoms with van der Waals surface area (Å²) in [5, 5.41) is 5.79. The van der Waals surface area contributed by atoms with Gasteiger partial charge in [0.05, 0.1) is 16.6 Å². The lowest BCUT2D eigenvalue weighted by atomic mass is 10.0. The summed E-state index contributed by atoms with van der Waals surface area (Å²) in [6, 6.07) is 6.30. The van der Waals surface area contributed by atoms with Crippen LogP contribution in [-0.2, 0) is 4.79 Å². The molecule has 0 saturated heterocycles. The van der Waals surface area contributed by atoms with Gasteiger partial charge < -0.3 is 16.4 Å². The summed E-state index contributed by atoms with van der Waals surface area (Å²) in [5.41, 5.74) is 6.17. The first-order valence-corrected chi connectivity index (χ1v) is 7.35. The van der Waals surface area contributed by atoms with Gasteiger partial charge in [-0.25, -0.2) is 0 Å². The van der Waals surface area contributed by atoms with Crippen LogP contribution in [0.2, 0.25) is 5.02 Å². The molecular weight excluding hydrogens is 325 g/mol. The lowest BCUT2D eigenvalue weighted by molar-refractivity contribution is -0.122. The van der Waals surface area contributed by atoms with E-state index in [1.807, 2.05) is 13.8 Å². The molecule has 1 rings (SSSR count). The monoisotopic (exact) mass is 347 g/mol. The highest BCUT2D eigenvalue weighted by atomic mass is 35.5. The van der Waals surface area contributed by atoms with Crippen LogP contribution < -0.4 is 16.4 Å². The van der Waals surface area contributed by atoms with Gasteiger partial charge >= 0.3 is 0 Å². The molecule has 124 valence electrons. The second-order valence-corrected chi connectivity index (χ2v) is 5.67. The molecule has 1 aromatic carbocycles. The van der Waals surface area contributed by atoms with Gasteiger partial charge in [0.15, 0.2) is 0 Å². The number of amides is 2. The fourth-order valence-corrected chi connectivity index (χ4v) is 2.07. The van der Waals surface area contributed by atoms with Gasteiger partial charge in [-0.1, -0.05) is 37.6 Å². The van der Waals surface area contributed by atoms with Gasteiger partial charge in [0, 0.05) is 13.1 Å². The zero-order valence-electron chi connectivity index (χ0n) is 12.8. The van der Waals surface area contributed by atoms with Crippen LogP contribution in [0.5, 0.6) is 0 Å². The standard InChI is InChI=1S/C15H22ClN3O2.ClH/c1-10(2)9-13(17)15(21)19-8-7-18-14(20)11-5-3-4-6-12(11)16;/h3-6,10,13H,7-9,17H2,1-2H3,(H,18,20)(H,19,21);1H/t13-;/m0./s1. The van der Waals surface area contributed by atoms with Crippen molar-refractivity contribution < 1.29 is 9.59 Å². The molecule has 0 aromatic heterocycles. The summed E-state index contributed by atoms with van der Waals surface area (Å²) < 4.78 is 0. The molecule has 0 saturated carbocycles. The number of hydrogen-bond acceptors (Lipinski definition) is 3. The van der Waals surface area contributed by atoms with Crippen molar-refractivity contribution in [1.29, 1.82) is 0 Å². The first-order chi connectivity index (χ1) is 9.91. The maximum absolute atomic E-state index is 11.9. The van der Waals surface area contributed by atoms with Crippen LogP contribution in [0, 0.1) is 5.92 Å². The number of nitrogens with two attached hydrogens (primary N) is 1. The van der Waals surface area contributed by atoms with Gasteiger partial charge in [-0.2, -0.15) is 0 Å². The first-order valence-electron chi connectivity index (χ1n) is 6.97. The molecule has 2 amide bonds. The van der Waals surface area contributed by atoms with Crippen molar-refractivity contribution in [2.45, 2.75) is 26.3 Å². The first kappa shape index (κ1) is 20.7. The summed E-state index contributed by atoms with van der Waals surface area (Å²) in [4.78, 5) is 23.5. The molecule has 0 heterocycles. The maximum atomic E-state index is 11.9. The highest BCUT2D eigenvalue weighted by molar-refractivity contribution is 6.33. The van der Waals surface area contributed by atoms with E-state index in [0.29, 0.717) is 36.0 Å². The molecule has 0 spiro atoms. The molecule has 4 N–H and O–H groups in total. The molecule has 0 fully saturated rings. The Bertz CT molecular complexity index is 495. The smallest absolute Gasteiger partial charge is 0.252 e. The Morgan fingerprint density at radius 1 is 1.18 bits per heavy atom. The van der Waals surface area contributed by atoms with Crippen molar-refractivity contribution in [2.75, 3.05) is 13.1 Å². The van der Waals surface area contributed by atoms with Crippen molar-refractivity contribution >= 4 is 35.8 Å². The van der Waals surface area contributed by atoms with Crippen LogP contribution >= 0.6 is 24.0 Å². The molecule has 5 nitrogen and oxygen atoms in total. The predicted octanol–water partition coefficient (Wildman–Crippen LogP) is 1.98. The summed E-state index contributed by atoms with van der Waals surface area (Å²) in [5.74, 6) is -0.0947. The second kappa shape index (κ2) is 10.4. The van der Waals surface area contributed by atoms with E-state index in [2.05, 4.69) is 10.6 Å². The van der Waals surface area contributed by atoms with E-state index >= 15 is 0 Å². The molecule has 0 bridgehead atoms. The molecule has 7 heteroatoms. The van der Waals surface area contributed by atoms with E-state index in [9.17, 15) is 9.59 Å². The lowest BCUT2D eigenvalue weighted by Crippen LogP contribution is -2.44. The average molecular weight is 348 g/mol. The Labute approximate surface area is 142 Å². The second-order valence-electron chi connectivity index (χ2n) is 5.26. The van der Waals surface area contributed by atoms with Crippen LogP contribution in [0.25, 0.3) is 0 Å². The quantitative estimate of drug-likeness (QED) is 0.659.